The van der Waals surface area contributed by atoms with Crippen molar-refractivity contribution in [1.29, 1.82) is 0 Å². The van der Waals surface area contributed by atoms with Gasteiger partial charge in [-0.05, 0) is 48.4 Å². The number of hydrogen-bond acceptors (Lipinski definition) is 3. The largest absolute Gasteiger partial charge is 0.352 e. The lowest BCUT2D eigenvalue weighted by molar-refractivity contribution is 0.0955. The summed E-state index contributed by atoms with van der Waals surface area (Å²) in [7, 11) is 0. The Morgan fingerprint density at radius 2 is 1.90 bits per heavy atom. The van der Waals surface area contributed by atoms with Gasteiger partial charge in [-0.2, -0.15) is 5.10 Å². The molecule has 4 rings (SSSR count). The average Bonchev–Trinajstić information content (AvgIpc) is 3.21. The molecule has 4 aromatic rings. The van der Waals surface area contributed by atoms with Crippen molar-refractivity contribution in [3.63, 3.8) is 0 Å². The van der Waals surface area contributed by atoms with Crippen LogP contribution < -0.4 is 5.32 Å². The molecule has 0 bridgehead atoms. The summed E-state index contributed by atoms with van der Waals surface area (Å²) in [6, 6.07) is 21.1. The van der Waals surface area contributed by atoms with Crippen LogP contribution in [0.5, 0.6) is 0 Å². The molecule has 29 heavy (non-hydrogen) atoms. The van der Waals surface area contributed by atoms with Gasteiger partial charge in [0, 0.05) is 35.7 Å². The molecule has 0 fully saturated rings. The van der Waals surface area contributed by atoms with E-state index in [1.54, 1.807) is 23.3 Å². The number of halogens is 1. The maximum atomic E-state index is 12.9. The second-order valence-electron chi connectivity index (χ2n) is 6.55. The normalized spacial score (nSPS) is 10.7. The molecule has 2 aromatic heterocycles. The Kier molecular flexibility index (Phi) is 5.68. The van der Waals surface area contributed by atoms with E-state index in [4.69, 9.17) is 11.6 Å². The van der Waals surface area contributed by atoms with E-state index in [2.05, 4.69) is 15.4 Å². The van der Waals surface area contributed by atoms with Gasteiger partial charge in [-0.1, -0.05) is 41.9 Å². The van der Waals surface area contributed by atoms with Crippen molar-refractivity contribution in [2.75, 3.05) is 6.54 Å². The number of amides is 1. The maximum absolute atomic E-state index is 12.9. The van der Waals surface area contributed by atoms with E-state index in [9.17, 15) is 4.79 Å². The molecule has 1 amide bonds. The first-order chi connectivity index (χ1) is 14.2. The molecular weight excluding hydrogens is 384 g/mol. The fourth-order valence-electron chi connectivity index (χ4n) is 3.08. The van der Waals surface area contributed by atoms with Crippen molar-refractivity contribution in [1.82, 2.24) is 20.1 Å². The number of pyridine rings is 1. The van der Waals surface area contributed by atoms with E-state index < -0.39 is 0 Å². The van der Waals surface area contributed by atoms with Crippen molar-refractivity contribution >= 4 is 17.5 Å². The predicted molar refractivity (Wildman–Crippen MR) is 114 cm³/mol. The number of aromatic nitrogens is 3. The molecule has 144 valence electrons. The van der Waals surface area contributed by atoms with E-state index in [-0.39, 0.29) is 5.91 Å². The second kappa shape index (κ2) is 8.71. The molecule has 0 aliphatic carbocycles. The van der Waals surface area contributed by atoms with Gasteiger partial charge < -0.3 is 5.32 Å². The van der Waals surface area contributed by atoms with Crippen LogP contribution in [-0.4, -0.2) is 27.2 Å². The fraction of sp³-hybridized carbons (Fsp3) is 0.0870. The van der Waals surface area contributed by atoms with Gasteiger partial charge in [0.25, 0.3) is 5.91 Å². The van der Waals surface area contributed by atoms with Crippen LogP contribution in [0.2, 0.25) is 5.02 Å². The van der Waals surface area contributed by atoms with Gasteiger partial charge >= 0.3 is 0 Å². The topological polar surface area (TPSA) is 59.8 Å². The number of rotatable bonds is 6. The number of nitrogens with zero attached hydrogens (tertiary/aromatic N) is 3. The number of hydrogen-bond donors (Lipinski definition) is 1. The SMILES string of the molecule is O=C(NCCc1cccc(Cl)c1)c1cn(-c2ccccc2)nc1-c1cccnc1. The molecule has 6 heteroatoms. The number of carbonyl (C=O) groups excluding carboxylic acids is 1. The van der Waals surface area contributed by atoms with Crippen LogP contribution in [0.15, 0.2) is 85.3 Å². The van der Waals surface area contributed by atoms with Crippen molar-refractivity contribution in [3.05, 3.63) is 101 Å². The molecule has 1 N–H and O–H groups in total. The molecule has 5 nitrogen and oxygen atoms in total. The van der Waals surface area contributed by atoms with Gasteiger partial charge in [0.05, 0.1) is 11.3 Å². The highest BCUT2D eigenvalue weighted by molar-refractivity contribution is 6.30. The Balaban J connectivity index is 1.57. The summed E-state index contributed by atoms with van der Waals surface area (Å²) in [4.78, 5) is 17.1. The van der Waals surface area contributed by atoms with Crippen LogP contribution in [0.4, 0.5) is 0 Å². The Morgan fingerprint density at radius 1 is 1.03 bits per heavy atom. The van der Waals surface area contributed by atoms with E-state index in [1.807, 2.05) is 66.7 Å². The molecule has 0 atom stereocenters. The zero-order valence-electron chi connectivity index (χ0n) is 15.6. The lowest BCUT2D eigenvalue weighted by Crippen LogP contribution is -2.25. The molecule has 0 aliphatic heterocycles. The Bertz CT molecular complexity index is 1110. The summed E-state index contributed by atoms with van der Waals surface area (Å²) >= 11 is 6.03. The van der Waals surface area contributed by atoms with E-state index in [0.29, 0.717) is 29.2 Å². The summed E-state index contributed by atoms with van der Waals surface area (Å²) in [6.45, 7) is 0.502. The molecule has 0 radical (unpaired) electrons. The maximum Gasteiger partial charge on any atom is 0.255 e. The molecular formula is C23H19ClN4O. The third-order valence-corrected chi connectivity index (χ3v) is 4.74. The Morgan fingerprint density at radius 3 is 2.66 bits per heavy atom. The van der Waals surface area contributed by atoms with Crippen LogP contribution in [-0.2, 0) is 6.42 Å². The first-order valence-electron chi connectivity index (χ1n) is 9.29. The van der Waals surface area contributed by atoms with Crippen LogP contribution in [0, 0.1) is 0 Å². The van der Waals surface area contributed by atoms with Gasteiger partial charge in [0.15, 0.2) is 0 Å². The Hall–Kier alpha value is -3.44. The highest BCUT2D eigenvalue weighted by Gasteiger charge is 2.18. The molecule has 0 saturated heterocycles. The predicted octanol–water partition coefficient (Wildman–Crippen LogP) is 4.56. The summed E-state index contributed by atoms with van der Waals surface area (Å²) in [5.74, 6) is -0.173. The second-order valence-corrected chi connectivity index (χ2v) is 6.99. The summed E-state index contributed by atoms with van der Waals surface area (Å²) < 4.78 is 1.72. The quantitative estimate of drug-likeness (QED) is 0.514. The van der Waals surface area contributed by atoms with Gasteiger partial charge in [-0.25, -0.2) is 4.68 Å². The van der Waals surface area contributed by atoms with E-state index >= 15 is 0 Å². The fourth-order valence-corrected chi connectivity index (χ4v) is 3.29. The minimum Gasteiger partial charge on any atom is -0.352 e. The number of nitrogens with one attached hydrogen (secondary N) is 1. The first kappa shape index (κ1) is 18.9. The lowest BCUT2D eigenvalue weighted by Gasteiger charge is -2.06. The molecule has 2 heterocycles. The van der Waals surface area contributed by atoms with E-state index in [0.717, 1.165) is 16.8 Å². The van der Waals surface area contributed by atoms with Gasteiger partial charge in [-0.3, -0.25) is 9.78 Å². The smallest absolute Gasteiger partial charge is 0.255 e. The van der Waals surface area contributed by atoms with E-state index in [1.165, 1.54) is 0 Å². The Labute approximate surface area is 174 Å². The van der Waals surface area contributed by atoms with Crippen LogP contribution in [0.3, 0.4) is 0 Å². The molecule has 2 aromatic carbocycles. The standard InChI is InChI=1S/C23H19ClN4O/c24-19-8-4-6-17(14-19)11-13-26-23(29)21-16-28(20-9-2-1-3-10-20)27-22(21)18-7-5-12-25-15-18/h1-10,12,14-16H,11,13H2,(H,26,29). The van der Waals surface area contributed by atoms with Crippen molar-refractivity contribution in [2.24, 2.45) is 0 Å². The highest BCUT2D eigenvalue weighted by atomic mass is 35.5. The zero-order valence-corrected chi connectivity index (χ0v) is 16.4. The highest BCUT2D eigenvalue weighted by Crippen LogP contribution is 2.23. The number of benzene rings is 2. The molecule has 0 spiro atoms. The summed E-state index contributed by atoms with van der Waals surface area (Å²) in [5, 5.41) is 8.33. The summed E-state index contributed by atoms with van der Waals surface area (Å²) in [5.41, 5.74) is 3.86. The molecule has 0 saturated carbocycles. The third-order valence-electron chi connectivity index (χ3n) is 4.50. The van der Waals surface area contributed by atoms with Gasteiger partial charge in [0.2, 0.25) is 0 Å². The van der Waals surface area contributed by atoms with Crippen LogP contribution in [0.1, 0.15) is 15.9 Å². The van der Waals surface area contributed by atoms with Crippen molar-refractivity contribution in [2.45, 2.75) is 6.42 Å². The van der Waals surface area contributed by atoms with Crippen LogP contribution >= 0.6 is 11.6 Å². The zero-order chi connectivity index (χ0) is 20.1. The van der Waals surface area contributed by atoms with Crippen molar-refractivity contribution in [3.8, 4) is 16.9 Å². The molecule has 0 aliphatic rings. The third kappa shape index (κ3) is 4.52. The van der Waals surface area contributed by atoms with Crippen molar-refractivity contribution < 1.29 is 4.79 Å². The summed E-state index contributed by atoms with van der Waals surface area (Å²) in [6.07, 6.45) is 5.86. The first-order valence-corrected chi connectivity index (χ1v) is 9.66. The minimum absolute atomic E-state index is 0.173. The van der Waals surface area contributed by atoms with Gasteiger partial charge in [0.1, 0.15) is 5.69 Å². The van der Waals surface area contributed by atoms with Gasteiger partial charge in [-0.15, -0.1) is 0 Å². The van der Waals surface area contributed by atoms with Crippen LogP contribution in [0.25, 0.3) is 16.9 Å². The number of carbonyl (C=O) groups is 1. The minimum atomic E-state index is -0.173. The number of para-hydroxylation sites is 1. The monoisotopic (exact) mass is 402 g/mol. The lowest BCUT2D eigenvalue weighted by atomic mass is 10.1. The molecule has 0 unspecified atom stereocenters. The average molecular weight is 403 g/mol.